The van der Waals surface area contributed by atoms with Crippen molar-refractivity contribution in [2.75, 3.05) is 6.54 Å². The van der Waals surface area contributed by atoms with E-state index < -0.39 is 5.82 Å². The molecule has 106 valence electrons. The minimum Gasteiger partial charge on any atom is -0.338 e. The molecule has 4 nitrogen and oxygen atoms in total. The molecule has 6 heteroatoms. The number of carbonyl (C=O) groups is 1. The molecule has 1 aliphatic rings. The van der Waals surface area contributed by atoms with Gasteiger partial charge in [0.2, 0.25) is 5.91 Å². The van der Waals surface area contributed by atoms with Gasteiger partial charge in [0.15, 0.2) is 5.82 Å². The summed E-state index contributed by atoms with van der Waals surface area (Å²) in [7, 11) is 0. The Morgan fingerprint density at radius 1 is 1.52 bits per heavy atom. The van der Waals surface area contributed by atoms with E-state index in [1.54, 1.807) is 4.90 Å². The smallest absolute Gasteiger partial charge is 0.219 e. The molecule has 0 unspecified atom stereocenters. The van der Waals surface area contributed by atoms with Crippen molar-refractivity contribution in [2.45, 2.75) is 19.9 Å². The maximum Gasteiger partial charge on any atom is 0.219 e. The Morgan fingerprint density at radius 3 is 2.95 bits per heavy atom. The number of aromatic nitrogens is 1. The van der Waals surface area contributed by atoms with Gasteiger partial charge in [0.05, 0.1) is 16.7 Å². The average molecular weight is 304 g/mol. The van der Waals surface area contributed by atoms with Crippen LogP contribution in [-0.2, 0) is 17.8 Å². The molecule has 2 aromatic rings. The number of benzene rings is 1. The molecule has 0 saturated heterocycles. The van der Waals surface area contributed by atoms with E-state index in [2.05, 4.69) is 4.98 Å². The number of pyridine rings is 1. The maximum atomic E-state index is 14.1. The van der Waals surface area contributed by atoms with Crippen LogP contribution in [-0.4, -0.2) is 22.3 Å². The quantitative estimate of drug-likeness (QED) is 0.752. The molecule has 0 N–H and O–H groups in total. The summed E-state index contributed by atoms with van der Waals surface area (Å²) in [5, 5.41) is 9.72. The van der Waals surface area contributed by atoms with Gasteiger partial charge in [-0.1, -0.05) is 11.6 Å². The standard InChI is InChI=1S/C15H11ClFN3O/c1-8(21)20-3-2-13-11(7-20)14(16)10-4-9(6-18)5-12(17)15(10)19-13/h4-5H,2-3,7H2,1H3. The van der Waals surface area contributed by atoms with Gasteiger partial charge in [-0.05, 0) is 12.1 Å². The first-order valence-electron chi connectivity index (χ1n) is 6.47. The van der Waals surface area contributed by atoms with Crippen molar-refractivity contribution >= 4 is 28.4 Å². The Balaban J connectivity index is 2.24. The summed E-state index contributed by atoms with van der Waals surface area (Å²) in [6.45, 7) is 2.42. The zero-order valence-electron chi connectivity index (χ0n) is 11.3. The molecule has 1 aliphatic heterocycles. The molecule has 0 aliphatic carbocycles. The zero-order chi connectivity index (χ0) is 15.1. The monoisotopic (exact) mass is 303 g/mol. The number of nitrogens with zero attached hydrogens (tertiary/aromatic N) is 3. The summed E-state index contributed by atoms with van der Waals surface area (Å²) in [5.41, 5.74) is 1.82. The van der Waals surface area contributed by atoms with Crippen LogP contribution in [0.15, 0.2) is 12.1 Å². The van der Waals surface area contributed by atoms with Gasteiger partial charge in [0.25, 0.3) is 0 Å². The number of hydrogen-bond donors (Lipinski definition) is 0. The van der Waals surface area contributed by atoms with Crippen molar-refractivity contribution in [3.05, 3.63) is 39.8 Å². The Bertz CT molecular complexity index is 813. The Hall–Kier alpha value is -2.19. The zero-order valence-corrected chi connectivity index (χ0v) is 12.0. The minimum atomic E-state index is -0.553. The largest absolute Gasteiger partial charge is 0.338 e. The van der Waals surface area contributed by atoms with Crippen LogP contribution in [0.4, 0.5) is 4.39 Å². The number of carbonyl (C=O) groups excluding carboxylic acids is 1. The molecule has 0 saturated carbocycles. The van der Waals surface area contributed by atoms with Crippen LogP contribution in [0.1, 0.15) is 23.7 Å². The molecule has 2 heterocycles. The highest BCUT2D eigenvalue weighted by atomic mass is 35.5. The number of halogens is 2. The number of nitriles is 1. The van der Waals surface area contributed by atoms with Gasteiger partial charge in [-0.2, -0.15) is 5.26 Å². The minimum absolute atomic E-state index is 0.0335. The van der Waals surface area contributed by atoms with Crippen LogP contribution in [0.3, 0.4) is 0 Å². The van der Waals surface area contributed by atoms with E-state index in [-0.39, 0.29) is 17.0 Å². The van der Waals surface area contributed by atoms with Crippen molar-refractivity contribution in [2.24, 2.45) is 0 Å². The van der Waals surface area contributed by atoms with Crippen LogP contribution in [0.5, 0.6) is 0 Å². The second kappa shape index (κ2) is 4.97. The Morgan fingerprint density at radius 2 is 2.29 bits per heavy atom. The molecule has 1 aromatic heterocycles. The molecule has 0 spiro atoms. The van der Waals surface area contributed by atoms with E-state index in [1.165, 1.54) is 13.0 Å². The first-order valence-corrected chi connectivity index (χ1v) is 6.85. The SMILES string of the molecule is CC(=O)N1CCc2nc3c(F)cc(C#N)cc3c(Cl)c2C1. The molecule has 0 atom stereocenters. The van der Waals surface area contributed by atoms with E-state index >= 15 is 0 Å². The van der Waals surface area contributed by atoms with Gasteiger partial charge in [-0.15, -0.1) is 0 Å². The summed E-state index contributed by atoms with van der Waals surface area (Å²) >= 11 is 6.38. The van der Waals surface area contributed by atoms with Crippen LogP contribution in [0.2, 0.25) is 5.02 Å². The second-order valence-corrected chi connectivity index (χ2v) is 5.39. The molecular formula is C15H11ClFN3O. The van der Waals surface area contributed by atoms with Crippen molar-refractivity contribution in [1.82, 2.24) is 9.88 Å². The van der Waals surface area contributed by atoms with Crippen molar-refractivity contribution in [3.63, 3.8) is 0 Å². The van der Waals surface area contributed by atoms with E-state index in [9.17, 15) is 9.18 Å². The van der Waals surface area contributed by atoms with E-state index in [4.69, 9.17) is 16.9 Å². The topological polar surface area (TPSA) is 57.0 Å². The predicted molar refractivity (Wildman–Crippen MR) is 76.2 cm³/mol. The fraction of sp³-hybridized carbons (Fsp3) is 0.267. The van der Waals surface area contributed by atoms with Crippen LogP contribution in [0, 0.1) is 17.1 Å². The van der Waals surface area contributed by atoms with Gasteiger partial charge >= 0.3 is 0 Å². The summed E-state index contributed by atoms with van der Waals surface area (Å²) in [6.07, 6.45) is 0.546. The molecule has 0 radical (unpaired) electrons. The highest BCUT2D eigenvalue weighted by Crippen LogP contribution is 2.33. The van der Waals surface area contributed by atoms with Crippen LogP contribution >= 0.6 is 11.6 Å². The van der Waals surface area contributed by atoms with Gasteiger partial charge in [0.1, 0.15) is 5.52 Å². The summed E-state index contributed by atoms with van der Waals surface area (Å²) in [4.78, 5) is 17.5. The van der Waals surface area contributed by atoms with E-state index in [0.717, 1.165) is 11.6 Å². The maximum absolute atomic E-state index is 14.1. The average Bonchev–Trinajstić information content (AvgIpc) is 2.48. The molecule has 3 rings (SSSR count). The number of fused-ring (bicyclic) bond motifs is 2. The molecule has 0 bridgehead atoms. The summed E-state index contributed by atoms with van der Waals surface area (Å²) in [5.74, 6) is -0.587. The number of amides is 1. The van der Waals surface area contributed by atoms with E-state index in [1.807, 2.05) is 6.07 Å². The lowest BCUT2D eigenvalue weighted by Crippen LogP contribution is -2.34. The molecule has 1 amide bonds. The van der Waals surface area contributed by atoms with Gasteiger partial charge in [0, 0.05) is 43.1 Å². The molecular weight excluding hydrogens is 293 g/mol. The highest BCUT2D eigenvalue weighted by Gasteiger charge is 2.24. The van der Waals surface area contributed by atoms with Crippen molar-refractivity contribution in [3.8, 4) is 6.07 Å². The normalized spacial score (nSPS) is 13.9. The van der Waals surface area contributed by atoms with Gasteiger partial charge < -0.3 is 4.90 Å². The van der Waals surface area contributed by atoms with E-state index in [0.29, 0.717) is 35.6 Å². The third kappa shape index (κ3) is 2.22. The lowest BCUT2D eigenvalue weighted by atomic mass is 10.0. The lowest BCUT2D eigenvalue weighted by Gasteiger charge is -2.28. The molecule has 0 fully saturated rings. The lowest BCUT2D eigenvalue weighted by molar-refractivity contribution is -0.129. The fourth-order valence-electron chi connectivity index (χ4n) is 2.58. The van der Waals surface area contributed by atoms with Crippen molar-refractivity contribution < 1.29 is 9.18 Å². The summed E-state index contributed by atoms with van der Waals surface area (Å²) in [6, 6.07) is 4.59. The Labute approximate surface area is 125 Å². The molecule has 21 heavy (non-hydrogen) atoms. The number of rotatable bonds is 0. The van der Waals surface area contributed by atoms with Crippen LogP contribution in [0.25, 0.3) is 10.9 Å². The Kier molecular flexibility index (Phi) is 3.26. The third-order valence-corrected chi connectivity index (χ3v) is 4.13. The first-order chi connectivity index (χ1) is 10.0. The molecule has 1 aromatic carbocycles. The second-order valence-electron chi connectivity index (χ2n) is 5.01. The fourth-order valence-corrected chi connectivity index (χ4v) is 2.90. The first kappa shape index (κ1) is 13.8. The van der Waals surface area contributed by atoms with Gasteiger partial charge in [-0.3, -0.25) is 4.79 Å². The highest BCUT2D eigenvalue weighted by molar-refractivity contribution is 6.36. The van der Waals surface area contributed by atoms with Crippen LogP contribution < -0.4 is 0 Å². The third-order valence-electron chi connectivity index (χ3n) is 3.70. The predicted octanol–water partition coefficient (Wildman–Crippen LogP) is 2.80. The number of hydrogen-bond acceptors (Lipinski definition) is 3. The van der Waals surface area contributed by atoms with Crippen molar-refractivity contribution in [1.29, 1.82) is 5.26 Å². The summed E-state index contributed by atoms with van der Waals surface area (Å²) < 4.78 is 14.1. The van der Waals surface area contributed by atoms with Gasteiger partial charge in [-0.25, -0.2) is 9.37 Å².